The lowest BCUT2D eigenvalue weighted by atomic mass is 9.75. The summed E-state index contributed by atoms with van der Waals surface area (Å²) in [6, 6.07) is 0. The molecule has 0 saturated heterocycles. The van der Waals surface area contributed by atoms with Crippen molar-refractivity contribution in [1.29, 1.82) is 0 Å². The Kier molecular flexibility index (Phi) is 10.5. The van der Waals surface area contributed by atoms with Gasteiger partial charge in [0.1, 0.15) is 4.99 Å². The van der Waals surface area contributed by atoms with Crippen molar-refractivity contribution >= 4 is 19.4 Å². The maximum atomic E-state index is 14.5. The highest BCUT2D eigenvalue weighted by molar-refractivity contribution is 8.04. The lowest BCUT2D eigenvalue weighted by Crippen LogP contribution is -2.37. The fraction of sp³-hybridized carbons (Fsp3) is 0.920. The Hall–Kier alpha value is 0.240. The third-order valence-corrected chi connectivity index (χ3v) is 11.7. The van der Waals surface area contributed by atoms with E-state index in [-0.39, 0.29) is 17.2 Å². The zero-order chi connectivity index (χ0) is 22.5. The largest absolute Gasteiger partial charge is 0.344 e. The van der Waals surface area contributed by atoms with E-state index in [2.05, 4.69) is 48.1 Å². The van der Waals surface area contributed by atoms with Gasteiger partial charge in [0.05, 0.1) is 12.2 Å². The van der Waals surface area contributed by atoms with Gasteiger partial charge in [0.2, 0.25) is 0 Å². The second-order valence-corrected chi connectivity index (χ2v) is 14.2. The van der Waals surface area contributed by atoms with Crippen LogP contribution >= 0.6 is 19.4 Å². The summed E-state index contributed by atoms with van der Waals surface area (Å²) in [5, 5.41) is 0. The second kappa shape index (κ2) is 11.9. The lowest BCUT2D eigenvalue weighted by molar-refractivity contribution is -0.00405. The van der Waals surface area contributed by atoms with Crippen molar-refractivity contribution in [2.45, 2.75) is 104 Å². The highest BCUT2D eigenvalue weighted by Gasteiger charge is 2.45. The Balaban J connectivity index is 2.32. The maximum Gasteiger partial charge on any atom is 0.344 e. The third kappa shape index (κ3) is 6.87. The summed E-state index contributed by atoms with van der Waals surface area (Å²) in [6.45, 7) is 17.6. The molecule has 2 aliphatic rings. The Labute approximate surface area is 191 Å². The SMILES string of the molecule is C=CC[C@H](SC)P(=O)(O[C@@H]1C[C@H](C)CC[C@H]1C(C)C)O[C@@H]1C[C@H](C)CC[C@H]1C(C)C. The molecule has 5 heteroatoms. The first-order chi connectivity index (χ1) is 14.1. The molecule has 0 radical (unpaired) electrons. The molecule has 0 bridgehead atoms. The van der Waals surface area contributed by atoms with Gasteiger partial charge in [-0.2, -0.15) is 0 Å². The summed E-state index contributed by atoms with van der Waals surface area (Å²) in [7, 11) is -3.30. The van der Waals surface area contributed by atoms with E-state index in [1.165, 1.54) is 12.8 Å². The topological polar surface area (TPSA) is 35.5 Å². The van der Waals surface area contributed by atoms with Crippen molar-refractivity contribution in [3.05, 3.63) is 12.7 Å². The van der Waals surface area contributed by atoms with E-state index in [1.807, 2.05) is 12.3 Å². The summed E-state index contributed by atoms with van der Waals surface area (Å²) in [4.78, 5) is -0.176. The van der Waals surface area contributed by atoms with Crippen molar-refractivity contribution in [2.75, 3.05) is 6.26 Å². The van der Waals surface area contributed by atoms with Crippen LogP contribution in [-0.4, -0.2) is 23.5 Å². The number of thioether (sulfide) groups is 1. The minimum Gasteiger partial charge on any atom is -0.304 e. The van der Waals surface area contributed by atoms with E-state index in [0.29, 0.717) is 41.9 Å². The average molecular weight is 459 g/mol. The Bertz CT molecular complexity index is 541. The smallest absolute Gasteiger partial charge is 0.304 e. The van der Waals surface area contributed by atoms with Crippen LogP contribution in [0.25, 0.3) is 0 Å². The van der Waals surface area contributed by atoms with Gasteiger partial charge in [-0.25, -0.2) is 0 Å². The van der Waals surface area contributed by atoms with Gasteiger partial charge in [-0.05, 0) is 73.9 Å². The van der Waals surface area contributed by atoms with Crippen LogP contribution in [0.1, 0.15) is 86.5 Å². The van der Waals surface area contributed by atoms with Gasteiger partial charge in [-0.3, -0.25) is 4.57 Å². The van der Waals surface area contributed by atoms with E-state index < -0.39 is 7.60 Å². The number of rotatable bonds is 10. The molecule has 0 unspecified atom stereocenters. The van der Waals surface area contributed by atoms with Crippen molar-refractivity contribution < 1.29 is 13.6 Å². The van der Waals surface area contributed by atoms with Crippen LogP contribution in [0.15, 0.2) is 12.7 Å². The molecule has 2 aliphatic carbocycles. The summed E-state index contributed by atoms with van der Waals surface area (Å²) < 4.78 is 27.8. The van der Waals surface area contributed by atoms with Crippen LogP contribution in [0, 0.1) is 35.5 Å². The average Bonchev–Trinajstić information content (AvgIpc) is 2.65. The minimum atomic E-state index is -3.30. The molecule has 2 fully saturated rings. The van der Waals surface area contributed by atoms with Crippen LogP contribution in [0.4, 0.5) is 0 Å². The second-order valence-electron chi connectivity index (χ2n) is 10.7. The number of allylic oxidation sites excluding steroid dienone is 1. The number of hydrogen-bond acceptors (Lipinski definition) is 4. The molecule has 2 rings (SSSR count). The molecule has 3 nitrogen and oxygen atoms in total. The summed E-state index contributed by atoms with van der Waals surface area (Å²) in [5.74, 6) is 3.20. The summed E-state index contributed by atoms with van der Waals surface area (Å²) >= 11 is 1.62. The first-order valence-electron chi connectivity index (χ1n) is 12.2. The Morgan fingerprint density at radius 2 is 1.37 bits per heavy atom. The molecule has 0 aromatic rings. The van der Waals surface area contributed by atoms with Gasteiger partial charge in [0.15, 0.2) is 0 Å². The zero-order valence-corrected chi connectivity index (χ0v) is 22.2. The van der Waals surface area contributed by atoms with Gasteiger partial charge in [0.25, 0.3) is 0 Å². The van der Waals surface area contributed by atoms with E-state index in [0.717, 1.165) is 25.7 Å². The summed E-state index contributed by atoms with van der Waals surface area (Å²) in [6.07, 6.45) is 11.4. The van der Waals surface area contributed by atoms with E-state index in [1.54, 1.807) is 11.8 Å². The van der Waals surface area contributed by atoms with Gasteiger partial charge in [-0.1, -0.05) is 60.5 Å². The highest BCUT2D eigenvalue weighted by Crippen LogP contribution is 2.63. The molecule has 7 atom stereocenters. The van der Waals surface area contributed by atoms with Crippen molar-refractivity contribution in [3.63, 3.8) is 0 Å². The molecule has 0 aromatic heterocycles. The fourth-order valence-corrected chi connectivity index (χ4v) is 9.13. The van der Waals surface area contributed by atoms with E-state index in [9.17, 15) is 4.57 Å². The normalized spacial score (nSPS) is 34.3. The molecule has 0 aromatic carbocycles. The van der Waals surface area contributed by atoms with E-state index in [4.69, 9.17) is 9.05 Å². The molecule has 176 valence electrons. The molecule has 0 spiro atoms. The summed E-state index contributed by atoms with van der Waals surface area (Å²) in [5.41, 5.74) is 0. The van der Waals surface area contributed by atoms with Gasteiger partial charge < -0.3 is 9.05 Å². The van der Waals surface area contributed by atoms with Crippen molar-refractivity contribution in [3.8, 4) is 0 Å². The molecule has 2 saturated carbocycles. The molecular formula is C25H47O3PS. The van der Waals surface area contributed by atoms with Crippen LogP contribution in [-0.2, 0) is 13.6 Å². The molecule has 0 heterocycles. The predicted molar refractivity (Wildman–Crippen MR) is 132 cm³/mol. The van der Waals surface area contributed by atoms with Crippen LogP contribution in [0.2, 0.25) is 0 Å². The monoisotopic (exact) mass is 458 g/mol. The van der Waals surface area contributed by atoms with Crippen LogP contribution in [0.3, 0.4) is 0 Å². The standard InChI is InChI=1S/C25H47O3PS/c1-9-10-25(30-8)29(26,27-23-15-19(6)11-13-21(23)17(2)3)28-24-16-20(7)12-14-22(24)18(4)5/h9,17-25H,1,10-16H2,2-8H3/t19-,20-,21+,22+,23-,24-,25+/m1/s1. The first kappa shape index (κ1) is 26.5. The minimum absolute atomic E-state index is 0.0255. The van der Waals surface area contributed by atoms with E-state index >= 15 is 0 Å². The maximum absolute atomic E-state index is 14.5. The van der Waals surface area contributed by atoms with Crippen LogP contribution in [0.5, 0.6) is 0 Å². The molecule has 30 heavy (non-hydrogen) atoms. The Morgan fingerprint density at radius 3 is 1.70 bits per heavy atom. The van der Waals surface area contributed by atoms with Gasteiger partial charge in [0, 0.05) is 0 Å². The highest BCUT2D eigenvalue weighted by atomic mass is 32.2. The van der Waals surface area contributed by atoms with Crippen molar-refractivity contribution in [1.82, 2.24) is 0 Å². The number of hydrogen-bond donors (Lipinski definition) is 0. The Morgan fingerprint density at radius 1 is 0.933 bits per heavy atom. The lowest BCUT2D eigenvalue weighted by Gasteiger charge is -2.43. The first-order valence-corrected chi connectivity index (χ1v) is 15.1. The third-order valence-electron chi connectivity index (χ3n) is 7.48. The molecule has 0 N–H and O–H groups in total. The molecular weight excluding hydrogens is 411 g/mol. The molecule has 0 amide bonds. The zero-order valence-electron chi connectivity index (χ0n) is 20.5. The van der Waals surface area contributed by atoms with Crippen LogP contribution < -0.4 is 0 Å². The predicted octanol–water partition coefficient (Wildman–Crippen LogP) is 8.40. The molecule has 0 aliphatic heterocycles. The van der Waals surface area contributed by atoms with Gasteiger partial charge >= 0.3 is 7.60 Å². The van der Waals surface area contributed by atoms with Crippen molar-refractivity contribution in [2.24, 2.45) is 35.5 Å². The quantitative estimate of drug-likeness (QED) is 0.243. The van der Waals surface area contributed by atoms with Gasteiger partial charge in [-0.15, -0.1) is 18.3 Å². The fourth-order valence-electron chi connectivity index (χ4n) is 5.51.